The number of halogens is 1. The van der Waals surface area contributed by atoms with Gasteiger partial charge in [0.2, 0.25) is 5.91 Å². The number of nitrogens with zero attached hydrogens (tertiary/aromatic N) is 1. The molecule has 0 radical (unpaired) electrons. The number of carbonyl (C=O) groups is 1. The van der Waals surface area contributed by atoms with Crippen LogP contribution in [0.4, 0.5) is 9.52 Å². The molecule has 2 rings (SSSR count). The monoisotopic (exact) mass is 307 g/mol. The summed E-state index contributed by atoms with van der Waals surface area (Å²) in [7, 11) is 0. The molecule has 0 aliphatic rings. The van der Waals surface area contributed by atoms with Gasteiger partial charge in [0.05, 0.1) is 11.2 Å². The molecule has 6 heteroatoms. The van der Waals surface area contributed by atoms with Crippen LogP contribution < -0.4 is 11.1 Å². The molecular formula is C15H18FN3OS. The molecule has 21 heavy (non-hydrogen) atoms. The van der Waals surface area contributed by atoms with Crippen molar-refractivity contribution < 1.29 is 9.18 Å². The predicted molar refractivity (Wildman–Crippen MR) is 83.6 cm³/mol. The molecule has 1 unspecified atom stereocenters. The summed E-state index contributed by atoms with van der Waals surface area (Å²) < 4.78 is 13.2. The molecule has 0 aliphatic carbocycles. The third-order valence-electron chi connectivity index (χ3n) is 3.13. The summed E-state index contributed by atoms with van der Waals surface area (Å²) in [4.78, 5) is 16.4. The van der Waals surface area contributed by atoms with Crippen molar-refractivity contribution in [3.8, 4) is 11.3 Å². The van der Waals surface area contributed by atoms with Crippen LogP contribution >= 0.6 is 11.3 Å². The van der Waals surface area contributed by atoms with Gasteiger partial charge >= 0.3 is 0 Å². The maximum absolute atomic E-state index is 13.2. The Morgan fingerprint density at radius 2 is 2.29 bits per heavy atom. The summed E-state index contributed by atoms with van der Waals surface area (Å²) in [6.45, 7) is 3.68. The second kappa shape index (κ2) is 6.32. The van der Waals surface area contributed by atoms with E-state index in [1.807, 2.05) is 6.92 Å². The topological polar surface area (TPSA) is 68.0 Å². The second-order valence-corrected chi connectivity index (χ2v) is 6.03. The highest BCUT2D eigenvalue weighted by Gasteiger charge is 2.27. The number of carbonyl (C=O) groups excluding carboxylic acids is 1. The fraction of sp³-hybridized carbons (Fsp3) is 0.333. The molecule has 1 amide bonds. The van der Waals surface area contributed by atoms with Crippen molar-refractivity contribution in [3.63, 3.8) is 0 Å². The van der Waals surface area contributed by atoms with Crippen molar-refractivity contribution >= 4 is 22.4 Å². The first-order chi connectivity index (χ1) is 9.92. The molecule has 0 bridgehead atoms. The first-order valence-electron chi connectivity index (χ1n) is 6.74. The van der Waals surface area contributed by atoms with Crippen LogP contribution in [0.1, 0.15) is 26.7 Å². The highest BCUT2D eigenvalue weighted by atomic mass is 32.1. The highest BCUT2D eigenvalue weighted by Crippen LogP contribution is 2.26. The van der Waals surface area contributed by atoms with Crippen LogP contribution in [0, 0.1) is 5.82 Å². The van der Waals surface area contributed by atoms with Gasteiger partial charge in [-0.3, -0.25) is 4.79 Å². The van der Waals surface area contributed by atoms with Crippen LogP contribution in [0.2, 0.25) is 0 Å². The summed E-state index contributed by atoms with van der Waals surface area (Å²) in [5.74, 6) is -0.576. The van der Waals surface area contributed by atoms with Crippen LogP contribution in [-0.2, 0) is 4.79 Å². The van der Waals surface area contributed by atoms with Crippen molar-refractivity contribution in [1.82, 2.24) is 4.98 Å². The van der Waals surface area contributed by atoms with Gasteiger partial charge in [0, 0.05) is 10.9 Å². The number of anilines is 1. The van der Waals surface area contributed by atoms with Gasteiger partial charge in [-0.1, -0.05) is 25.5 Å². The van der Waals surface area contributed by atoms with E-state index in [9.17, 15) is 9.18 Å². The standard InChI is InChI=1S/C15H18FN3OS/c1-3-7-15(2,17)13(20)19-14-18-12(9-21-14)10-5-4-6-11(16)8-10/h4-6,8-9H,3,7,17H2,1-2H3,(H,18,19,20). The Morgan fingerprint density at radius 1 is 1.52 bits per heavy atom. The minimum Gasteiger partial charge on any atom is -0.318 e. The SMILES string of the molecule is CCCC(C)(N)C(=O)Nc1nc(-c2cccc(F)c2)cs1. The fourth-order valence-electron chi connectivity index (χ4n) is 1.98. The lowest BCUT2D eigenvalue weighted by Gasteiger charge is -2.21. The maximum Gasteiger partial charge on any atom is 0.245 e. The third kappa shape index (κ3) is 3.86. The minimum absolute atomic E-state index is 0.260. The molecule has 4 nitrogen and oxygen atoms in total. The Hall–Kier alpha value is -1.79. The van der Waals surface area contributed by atoms with E-state index in [1.54, 1.807) is 24.4 Å². The van der Waals surface area contributed by atoms with Crippen LogP contribution in [-0.4, -0.2) is 16.4 Å². The Morgan fingerprint density at radius 3 is 2.95 bits per heavy atom. The number of amides is 1. The number of nitrogens with one attached hydrogen (secondary N) is 1. The lowest BCUT2D eigenvalue weighted by Crippen LogP contribution is -2.48. The molecular weight excluding hydrogens is 289 g/mol. The zero-order valence-electron chi connectivity index (χ0n) is 12.0. The average molecular weight is 307 g/mol. The second-order valence-electron chi connectivity index (χ2n) is 5.17. The lowest BCUT2D eigenvalue weighted by molar-refractivity contribution is -0.120. The number of aromatic nitrogens is 1. The Balaban J connectivity index is 2.12. The van der Waals surface area contributed by atoms with E-state index < -0.39 is 5.54 Å². The van der Waals surface area contributed by atoms with Gasteiger partial charge in [0.25, 0.3) is 0 Å². The van der Waals surface area contributed by atoms with Crippen LogP contribution in [0.15, 0.2) is 29.6 Å². The van der Waals surface area contributed by atoms with Crippen molar-refractivity contribution in [2.24, 2.45) is 5.73 Å². The van der Waals surface area contributed by atoms with E-state index in [2.05, 4.69) is 10.3 Å². The molecule has 0 fully saturated rings. The van der Waals surface area contributed by atoms with Crippen molar-refractivity contribution in [3.05, 3.63) is 35.5 Å². The van der Waals surface area contributed by atoms with Crippen LogP contribution in [0.5, 0.6) is 0 Å². The normalized spacial score (nSPS) is 13.7. The van der Waals surface area contributed by atoms with Crippen molar-refractivity contribution in [2.75, 3.05) is 5.32 Å². The minimum atomic E-state index is -0.917. The smallest absolute Gasteiger partial charge is 0.245 e. The molecule has 1 atom stereocenters. The van der Waals surface area contributed by atoms with Crippen LogP contribution in [0.25, 0.3) is 11.3 Å². The third-order valence-corrected chi connectivity index (χ3v) is 3.89. The van der Waals surface area contributed by atoms with Gasteiger partial charge < -0.3 is 11.1 Å². The molecule has 1 aromatic heterocycles. The van der Waals surface area contributed by atoms with Crippen molar-refractivity contribution in [1.29, 1.82) is 0 Å². The summed E-state index contributed by atoms with van der Waals surface area (Å²) in [5, 5.41) is 4.96. The highest BCUT2D eigenvalue weighted by molar-refractivity contribution is 7.14. The van der Waals surface area contributed by atoms with Gasteiger partial charge in [-0.15, -0.1) is 11.3 Å². The Kier molecular flexibility index (Phi) is 4.69. The number of benzene rings is 1. The molecule has 1 heterocycles. The summed E-state index contributed by atoms with van der Waals surface area (Å²) in [5.41, 5.74) is 6.36. The average Bonchev–Trinajstić information content (AvgIpc) is 2.87. The van der Waals surface area contributed by atoms with E-state index in [0.717, 1.165) is 6.42 Å². The molecule has 1 aromatic carbocycles. The van der Waals surface area contributed by atoms with Gasteiger partial charge in [-0.2, -0.15) is 0 Å². The van der Waals surface area contributed by atoms with Gasteiger partial charge in [0.1, 0.15) is 5.82 Å². The van der Waals surface area contributed by atoms with Gasteiger partial charge in [-0.25, -0.2) is 9.37 Å². The molecule has 3 N–H and O–H groups in total. The van der Waals surface area contributed by atoms with Crippen LogP contribution in [0.3, 0.4) is 0 Å². The quantitative estimate of drug-likeness (QED) is 0.889. The number of hydrogen-bond donors (Lipinski definition) is 2. The molecule has 0 saturated heterocycles. The maximum atomic E-state index is 13.2. The lowest BCUT2D eigenvalue weighted by atomic mass is 9.97. The van der Waals surface area contributed by atoms with E-state index in [4.69, 9.17) is 5.73 Å². The largest absolute Gasteiger partial charge is 0.318 e. The number of rotatable bonds is 5. The molecule has 0 spiro atoms. The van der Waals surface area contributed by atoms with Gasteiger partial charge in [0.15, 0.2) is 5.13 Å². The molecule has 2 aromatic rings. The first-order valence-corrected chi connectivity index (χ1v) is 7.62. The molecule has 0 aliphatic heterocycles. The summed E-state index contributed by atoms with van der Waals surface area (Å²) in [6, 6.07) is 6.18. The fourth-order valence-corrected chi connectivity index (χ4v) is 2.70. The molecule has 0 saturated carbocycles. The Labute approximate surface area is 127 Å². The predicted octanol–water partition coefficient (Wildman–Crippen LogP) is 3.41. The summed E-state index contributed by atoms with van der Waals surface area (Å²) in [6.07, 6.45) is 1.42. The van der Waals surface area contributed by atoms with Crippen molar-refractivity contribution in [2.45, 2.75) is 32.2 Å². The summed E-state index contributed by atoms with van der Waals surface area (Å²) >= 11 is 1.29. The van der Waals surface area contributed by atoms with E-state index in [-0.39, 0.29) is 11.7 Å². The number of nitrogens with two attached hydrogens (primary N) is 1. The van der Waals surface area contributed by atoms with E-state index in [1.165, 1.54) is 23.5 Å². The number of hydrogen-bond acceptors (Lipinski definition) is 4. The number of thiazole rings is 1. The zero-order valence-corrected chi connectivity index (χ0v) is 12.8. The van der Waals surface area contributed by atoms with E-state index in [0.29, 0.717) is 22.8 Å². The van der Waals surface area contributed by atoms with E-state index >= 15 is 0 Å². The molecule has 112 valence electrons. The Bertz CT molecular complexity index is 639. The van der Waals surface area contributed by atoms with Gasteiger partial charge in [-0.05, 0) is 25.5 Å². The first kappa shape index (κ1) is 15.6. The zero-order chi connectivity index (χ0) is 15.5.